The van der Waals surface area contributed by atoms with Crippen molar-refractivity contribution in [1.29, 1.82) is 5.26 Å². The molecule has 3 heteroatoms. The van der Waals surface area contributed by atoms with E-state index in [2.05, 4.69) is 11.1 Å². The van der Waals surface area contributed by atoms with Crippen molar-refractivity contribution >= 4 is 0 Å². The highest BCUT2D eigenvalue weighted by atomic mass is 16.5. The Kier molecular flexibility index (Phi) is 4.35. The molecule has 3 rings (SSSR count). The summed E-state index contributed by atoms with van der Waals surface area (Å²) >= 11 is 0. The third-order valence-electron chi connectivity index (χ3n) is 3.55. The van der Waals surface area contributed by atoms with Gasteiger partial charge in [-0.15, -0.1) is 0 Å². The zero-order valence-corrected chi connectivity index (χ0v) is 12.9. The minimum Gasteiger partial charge on any atom is -0.488 e. The van der Waals surface area contributed by atoms with E-state index >= 15 is 0 Å². The van der Waals surface area contributed by atoms with Crippen molar-refractivity contribution in [2.24, 2.45) is 0 Å². The SMILES string of the molecule is Cc1cncc(-c2ccc(OCc3ccccc3)c(C#N)c2)c1. The molecule has 23 heavy (non-hydrogen) atoms. The smallest absolute Gasteiger partial charge is 0.137 e. The molecule has 0 saturated carbocycles. The molecule has 0 spiro atoms. The molecule has 0 atom stereocenters. The second kappa shape index (κ2) is 6.76. The maximum Gasteiger partial charge on any atom is 0.137 e. The number of aromatic nitrogens is 1. The number of benzene rings is 2. The molecular formula is C20H16N2O. The predicted molar refractivity (Wildman–Crippen MR) is 89.9 cm³/mol. The molecule has 0 amide bonds. The van der Waals surface area contributed by atoms with Crippen molar-refractivity contribution in [3.8, 4) is 22.9 Å². The summed E-state index contributed by atoms with van der Waals surface area (Å²) in [4.78, 5) is 4.20. The first-order chi connectivity index (χ1) is 11.3. The van der Waals surface area contributed by atoms with Crippen molar-refractivity contribution in [2.45, 2.75) is 13.5 Å². The van der Waals surface area contributed by atoms with E-state index < -0.39 is 0 Å². The molecule has 0 fully saturated rings. The number of aryl methyl sites for hydroxylation is 1. The van der Waals surface area contributed by atoms with E-state index in [0.717, 1.165) is 22.3 Å². The average Bonchev–Trinajstić information content (AvgIpc) is 2.60. The first kappa shape index (κ1) is 14.8. The van der Waals surface area contributed by atoms with Crippen molar-refractivity contribution in [3.05, 3.63) is 83.7 Å². The monoisotopic (exact) mass is 300 g/mol. The molecule has 0 radical (unpaired) electrons. The fourth-order valence-corrected chi connectivity index (χ4v) is 2.37. The molecule has 0 saturated heterocycles. The molecule has 0 aliphatic heterocycles. The molecule has 2 aromatic carbocycles. The van der Waals surface area contributed by atoms with Crippen molar-refractivity contribution < 1.29 is 4.74 Å². The molecule has 1 heterocycles. The zero-order valence-electron chi connectivity index (χ0n) is 12.9. The van der Waals surface area contributed by atoms with Crippen molar-refractivity contribution in [3.63, 3.8) is 0 Å². The molecule has 3 aromatic rings. The highest BCUT2D eigenvalue weighted by Gasteiger charge is 2.07. The maximum absolute atomic E-state index is 9.40. The Morgan fingerprint density at radius 1 is 1.00 bits per heavy atom. The van der Waals surface area contributed by atoms with Gasteiger partial charge in [0.05, 0.1) is 5.56 Å². The summed E-state index contributed by atoms with van der Waals surface area (Å²) in [7, 11) is 0. The van der Waals surface area contributed by atoms with Crippen molar-refractivity contribution in [1.82, 2.24) is 4.98 Å². The normalized spacial score (nSPS) is 10.1. The fraction of sp³-hybridized carbons (Fsp3) is 0.100. The first-order valence-electron chi connectivity index (χ1n) is 7.39. The van der Waals surface area contributed by atoms with Gasteiger partial charge in [0.15, 0.2) is 0 Å². The number of nitriles is 1. The molecule has 0 aliphatic carbocycles. The topological polar surface area (TPSA) is 45.9 Å². The van der Waals surface area contributed by atoms with Gasteiger partial charge in [0.1, 0.15) is 18.4 Å². The quantitative estimate of drug-likeness (QED) is 0.712. The third kappa shape index (κ3) is 3.56. The minimum absolute atomic E-state index is 0.445. The van der Waals surface area contributed by atoms with Gasteiger partial charge in [0.2, 0.25) is 0 Å². The number of hydrogen-bond donors (Lipinski definition) is 0. The van der Waals surface area contributed by atoms with Gasteiger partial charge in [0.25, 0.3) is 0 Å². The van der Waals surface area contributed by atoms with Gasteiger partial charge in [-0.05, 0) is 41.8 Å². The van der Waals surface area contributed by atoms with Crippen LogP contribution in [0.5, 0.6) is 5.75 Å². The van der Waals surface area contributed by atoms with Crippen LogP contribution in [0.3, 0.4) is 0 Å². The van der Waals surface area contributed by atoms with E-state index in [4.69, 9.17) is 4.74 Å². The highest BCUT2D eigenvalue weighted by Crippen LogP contribution is 2.27. The Morgan fingerprint density at radius 2 is 1.83 bits per heavy atom. The average molecular weight is 300 g/mol. The Hall–Kier alpha value is -3.12. The van der Waals surface area contributed by atoms with Crippen LogP contribution in [0.15, 0.2) is 67.0 Å². The maximum atomic E-state index is 9.40. The number of pyridine rings is 1. The van der Waals surface area contributed by atoms with Crippen LogP contribution in [0.2, 0.25) is 0 Å². The molecule has 0 aliphatic rings. The second-order valence-corrected chi connectivity index (χ2v) is 5.35. The lowest BCUT2D eigenvalue weighted by molar-refractivity contribution is 0.305. The molecule has 3 nitrogen and oxygen atoms in total. The van der Waals surface area contributed by atoms with Crippen LogP contribution < -0.4 is 4.74 Å². The van der Waals surface area contributed by atoms with Crippen LogP contribution in [0.25, 0.3) is 11.1 Å². The first-order valence-corrected chi connectivity index (χ1v) is 7.39. The summed E-state index contributed by atoms with van der Waals surface area (Å²) in [5.41, 5.74) is 4.65. The molecule has 0 N–H and O–H groups in total. The van der Waals surface area contributed by atoms with Gasteiger partial charge in [-0.25, -0.2) is 0 Å². The van der Waals surface area contributed by atoms with Crippen LogP contribution in [0, 0.1) is 18.3 Å². The summed E-state index contributed by atoms with van der Waals surface area (Å²) < 4.78 is 5.79. The van der Waals surface area contributed by atoms with Gasteiger partial charge in [0, 0.05) is 18.0 Å². The molecule has 112 valence electrons. The molecule has 0 bridgehead atoms. The van der Waals surface area contributed by atoms with Crippen LogP contribution in [0.1, 0.15) is 16.7 Å². The van der Waals surface area contributed by atoms with Crippen LogP contribution in [0.4, 0.5) is 0 Å². The predicted octanol–water partition coefficient (Wildman–Crippen LogP) is 4.51. The standard InChI is InChI=1S/C20H16N2O/c1-15-9-19(13-22-12-15)17-7-8-20(18(10-17)11-21)23-14-16-5-3-2-4-6-16/h2-10,12-13H,14H2,1H3. The van der Waals surface area contributed by atoms with Gasteiger partial charge in [-0.2, -0.15) is 5.26 Å². The minimum atomic E-state index is 0.445. The summed E-state index contributed by atoms with van der Waals surface area (Å²) in [5, 5.41) is 9.40. The molecule has 1 aromatic heterocycles. The van der Waals surface area contributed by atoms with E-state index in [1.165, 1.54) is 0 Å². The second-order valence-electron chi connectivity index (χ2n) is 5.35. The number of rotatable bonds is 4. The number of nitrogens with zero attached hydrogens (tertiary/aromatic N) is 2. The van der Waals surface area contributed by atoms with Gasteiger partial charge >= 0.3 is 0 Å². The summed E-state index contributed by atoms with van der Waals surface area (Å²) in [6.45, 7) is 2.44. The van der Waals surface area contributed by atoms with Crippen LogP contribution in [-0.2, 0) is 6.61 Å². The Morgan fingerprint density at radius 3 is 2.57 bits per heavy atom. The number of hydrogen-bond acceptors (Lipinski definition) is 3. The summed E-state index contributed by atoms with van der Waals surface area (Å²) in [6, 6.07) is 19.8. The van der Waals surface area contributed by atoms with E-state index in [9.17, 15) is 5.26 Å². The largest absolute Gasteiger partial charge is 0.488 e. The lowest BCUT2D eigenvalue weighted by atomic mass is 10.0. The zero-order chi connectivity index (χ0) is 16.1. The lowest BCUT2D eigenvalue weighted by Crippen LogP contribution is -1.97. The van der Waals surface area contributed by atoms with E-state index in [0.29, 0.717) is 17.9 Å². The summed E-state index contributed by atoms with van der Waals surface area (Å²) in [6.07, 6.45) is 3.61. The Balaban J connectivity index is 1.84. The van der Waals surface area contributed by atoms with E-state index in [1.807, 2.05) is 67.7 Å². The Labute approximate surface area is 135 Å². The van der Waals surface area contributed by atoms with Gasteiger partial charge in [-0.3, -0.25) is 4.98 Å². The molecule has 0 unspecified atom stereocenters. The number of ether oxygens (including phenoxy) is 1. The molecular weight excluding hydrogens is 284 g/mol. The lowest BCUT2D eigenvalue weighted by Gasteiger charge is -2.10. The summed E-state index contributed by atoms with van der Waals surface area (Å²) in [5.74, 6) is 0.598. The van der Waals surface area contributed by atoms with E-state index in [1.54, 1.807) is 6.20 Å². The van der Waals surface area contributed by atoms with E-state index in [-0.39, 0.29) is 0 Å². The van der Waals surface area contributed by atoms with Crippen LogP contribution >= 0.6 is 0 Å². The Bertz CT molecular complexity index is 851. The third-order valence-corrected chi connectivity index (χ3v) is 3.55. The highest BCUT2D eigenvalue weighted by molar-refractivity contribution is 5.67. The van der Waals surface area contributed by atoms with Gasteiger partial charge < -0.3 is 4.74 Å². The van der Waals surface area contributed by atoms with Gasteiger partial charge in [-0.1, -0.05) is 36.4 Å². The van der Waals surface area contributed by atoms with Crippen molar-refractivity contribution in [2.75, 3.05) is 0 Å². The fourth-order valence-electron chi connectivity index (χ4n) is 2.37. The van der Waals surface area contributed by atoms with Crippen LogP contribution in [-0.4, -0.2) is 4.98 Å².